The van der Waals surface area contributed by atoms with Crippen molar-refractivity contribution in [3.05, 3.63) is 82.2 Å². The van der Waals surface area contributed by atoms with E-state index in [0.29, 0.717) is 26.8 Å². The second kappa shape index (κ2) is 8.64. The largest absolute Gasteiger partial charge is 0.450 e. The van der Waals surface area contributed by atoms with Crippen molar-refractivity contribution in [2.75, 3.05) is 10.0 Å². The summed E-state index contributed by atoms with van der Waals surface area (Å²) in [5, 5.41) is 3.03. The van der Waals surface area contributed by atoms with Crippen LogP contribution in [0.2, 0.25) is 5.02 Å². The molecule has 2 aromatic carbocycles. The number of hydrogen-bond acceptors (Lipinski definition) is 4. The summed E-state index contributed by atoms with van der Waals surface area (Å²) in [6.07, 6.45) is 2.79. The third kappa shape index (κ3) is 5.48. The van der Waals surface area contributed by atoms with Crippen LogP contribution >= 0.6 is 27.5 Å². The molecule has 0 atom stereocenters. The molecule has 0 spiro atoms. The topological polar surface area (TPSA) is 88.4 Å². The first-order chi connectivity index (χ1) is 13.3. The van der Waals surface area contributed by atoms with E-state index in [9.17, 15) is 13.2 Å². The van der Waals surface area contributed by atoms with E-state index in [0.717, 1.165) is 0 Å². The number of furan rings is 1. The van der Waals surface area contributed by atoms with Crippen LogP contribution in [0.1, 0.15) is 5.76 Å². The van der Waals surface area contributed by atoms with Gasteiger partial charge in [-0.3, -0.25) is 9.52 Å². The van der Waals surface area contributed by atoms with Crippen LogP contribution in [0.3, 0.4) is 0 Å². The van der Waals surface area contributed by atoms with Gasteiger partial charge in [0.25, 0.3) is 10.0 Å². The van der Waals surface area contributed by atoms with Crippen LogP contribution in [0.4, 0.5) is 11.4 Å². The maximum atomic E-state index is 12.6. The van der Waals surface area contributed by atoms with Crippen molar-refractivity contribution < 1.29 is 17.6 Å². The second-order valence-electron chi connectivity index (χ2n) is 5.61. The molecule has 0 unspecified atom stereocenters. The summed E-state index contributed by atoms with van der Waals surface area (Å²) < 4.78 is 33.4. The molecule has 2 N–H and O–H groups in total. The number of anilines is 2. The standard InChI is InChI=1S/C19H14BrClN2O4S/c20-18-9-7-16(27-18)8-10-19(24)22-14-4-2-6-17(12-14)28(25,26)23-15-5-1-3-13(21)11-15/h1-12,23H,(H,22,24). The molecule has 6 nitrogen and oxygen atoms in total. The maximum absolute atomic E-state index is 12.6. The minimum absolute atomic E-state index is 0.00391. The molecule has 144 valence electrons. The van der Waals surface area contributed by atoms with Gasteiger partial charge in [0.2, 0.25) is 5.91 Å². The van der Waals surface area contributed by atoms with Gasteiger partial charge in [0.05, 0.1) is 10.6 Å². The zero-order valence-electron chi connectivity index (χ0n) is 14.2. The molecule has 0 radical (unpaired) electrons. The summed E-state index contributed by atoms with van der Waals surface area (Å²) in [4.78, 5) is 12.1. The van der Waals surface area contributed by atoms with Gasteiger partial charge >= 0.3 is 0 Å². The van der Waals surface area contributed by atoms with Crippen molar-refractivity contribution in [3.8, 4) is 0 Å². The molecule has 0 saturated heterocycles. The van der Waals surface area contributed by atoms with Gasteiger partial charge in [0.1, 0.15) is 5.76 Å². The molecule has 1 heterocycles. The molecule has 9 heteroatoms. The Morgan fingerprint density at radius 2 is 1.79 bits per heavy atom. The lowest BCUT2D eigenvalue weighted by Gasteiger charge is -2.10. The summed E-state index contributed by atoms with van der Waals surface area (Å²) in [5.41, 5.74) is 0.679. The molecule has 1 amide bonds. The molecule has 0 aliphatic carbocycles. The highest BCUT2D eigenvalue weighted by Crippen LogP contribution is 2.21. The molecule has 3 aromatic rings. The normalized spacial score (nSPS) is 11.5. The van der Waals surface area contributed by atoms with Gasteiger partial charge in [0.15, 0.2) is 4.67 Å². The van der Waals surface area contributed by atoms with Crippen LogP contribution in [0, 0.1) is 0 Å². The highest BCUT2D eigenvalue weighted by atomic mass is 79.9. The minimum Gasteiger partial charge on any atom is -0.450 e. The molecular formula is C19H14BrClN2O4S. The quantitative estimate of drug-likeness (QED) is 0.477. The molecule has 28 heavy (non-hydrogen) atoms. The van der Waals surface area contributed by atoms with Gasteiger partial charge in [-0.25, -0.2) is 8.42 Å². The maximum Gasteiger partial charge on any atom is 0.261 e. The Morgan fingerprint density at radius 1 is 1.04 bits per heavy atom. The van der Waals surface area contributed by atoms with E-state index in [1.807, 2.05) is 0 Å². The Labute approximate surface area is 175 Å². The molecule has 0 fully saturated rings. The van der Waals surface area contributed by atoms with Crippen molar-refractivity contribution in [2.45, 2.75) is 4.90 Å². The van der Waals surface area contributed by atoms with E-state index in [1.54, 1.807) is 36.4 Å². The molecule has 0 saturated carbocycles. The van der Waals surface area contributed by atoms with Crippen molar-refractivity contribution in [1.82, 2.24) is 0 Å². The van der Waals surface area contributed by atoms with Gasteiger partial charge in [0, 0.05) is 16.8 Å². The average Bonchev–Trinajstić information content (AvgIpc) is 3.05. The average molecular weight is 482 g/mol. The van der Waals surface area contributed by atoms with E-state index in [1.165, 1.54) is 36.4 Å². The molecular weight excluding hydrogens is 468 g/mol. The lowest BCUT2D eigenvalue weighted by Crippen LogP contribution is -2.14. The number of sulfonamides is 1. The number of amides is 1. The molecule has 1 aromatic heterocycles. The van der Waals surface area contributed by atoms with Gasteiger partial charge in [-0.2, -0.15) is 0 Å². The van der Waals surface area contributed by atoms with Gasteiger partial charge in [-0.05, 0) is 70.5 Å². The van der Waals surface area contributed by atoms with E-state index >= 15 is 0 Å². The Bertz CT molecular complexity index is 1140. The van der Waals surface area contributed by atoms with Crippen molar-refractivity contribution in [1.29, 1.82) is 0 Å². The predicted octanol–water partition coefficient (Wildman–Crippen LogP) is 5.15. The number of carbonyl (C=O) groups excluding carboxylic acids is 1. The zero-order chi connectivity index (χ0) is 20.1. The minimum atomic E-state index is -3.84. The first-order valence-electron chi connectivity index (χ1n) is 7.95. The van der Waals surface area contributed by atoms with E-state index in [2.05, 4.69) is 26.0 Å². The van der Waals surface area contributed by atoms with Crippen molar-refractivity contribution in [3.63, 3.8) is 0 Å². The highest BCUT2D eigenvalue weighted by Gasteiger charge is 2.15. The molecule has 0 bridgehead atoms. The number of carbonyl (C=O) groups is 1. The van der Waals surface area contributed by atoms with Crippen LogP contribution in [-0.2, 0) is 14.8 Å². The predicted molar refractivity (Wildman–Crippen MR) is 113 cm³/mol. The number of benzene rings is 2. The SMILES string of the molecule is O=C(C=Cc1ccc(Br)o1)Nc1cccc(S(=O)(=O)Nc2cccc(Cl)c2)c1. The lowest BCUT2D eigenvalue weighted by atomic mass is 10.3. The number of rotatable bonds is 6. The van der Waals surface area contributed by atoms with Crippen molar-refractivity contribution in [2.24, 2.45) is 0 Å². The molecule has 0 aliphatic rings. The van der Waals surface area contributed by atoms with Gasteiger partial charge in [-0.15, -0.1) is 0 Å². The monoisotopic (exact) mass is 480 g/mol. The summed E-state index contributed by atoms with van der Waals surface area (Å²) in [6.45, 7) is 0. The van der Waals surface area contributed by atoms with E-state index < -0.39 is 15.9 Å². The molecule has 0 aliphatic heterocycles. The van der Waals surface area contributed by atoms with E-state index in [4.69, 9.17) is 16.0 Å². The third-order valence-corrected chi connectivity index (χ3v) is 5.52. The van der Waals surface area contributed by atoms with Crippen molar-refractivity contribution >= 4 is 60.9 Å². The Morgan fingerprint density at radius 3 is 2.50 bits per heavy atom. The number of nitrogens with one attached hydrogen (secondary N) is 2. The summed E-state index contributed by atoms with van der Waals surface area (Å²) in [7, 11) is -3.84. The Kier molecular flexibility index (Phi) is 6.23. The number of halogens is 2. The highest BCUT2D eigenvalue weighted by molar-refractivity contribution is 9.10. The van der Waals surface area contributed by atoms with Crippen LogP contribution in [0.15, 0.2) is 80.7 Å². The second-order valence-corrected chi connectivity index (χ2v) is 8.51. The smallest absolute Gasteiger partial charge is 0.261 e. The summed E-state index contributed by atoms with van der Waals surface area (Å²) >= 11 is 9.06. The lowest BCUT2D eigenvalue weighted by molar-refractivity contribution is -0.111. The summed E-state index contributed by atoms with van der Waals surface area (Å²) in [6, 6.07) is 15.7. The van der Waals surface area contributed by atoms with E-state index in [-0.39, 0.29) is 4.90 Å². The van der Waals surface area contributed by atoms with Crippen LogP contribution in [-0.4, -0.2) is 14.3 Å². The fraction of sp³-hybridized carbons (Fsp3) is 0. The Balaban J connectivity index is 1.72. The fourth-order valence-electron chi connectivity index (χ4n) is 2.27. The first kappa shape index (κ1) is 20.2. The van der Waals surface area contributed by atoms with Crippen LogP contribution in [0.25, 0.3) is 6.08 Å². The van der Waals surface area contributed by atoms with Gasteiger partial charge < -0.3 is 9.73 Å². The van der Waals surface area contributed by atoms with Crippen LogP contribution < -0.4 is 10.0 Å². The van der Waals surface area contributed by atoms with Gasteiger partial charge in [-0.1, -0.05) is 23.7 Å². The third-order valence-electron chi connectivity index (χ3n) is 3.48. The molecule has 3 rings (SSSR count). The Hall–Kier alpha value is -2.55. The van der Waals surface area contributed by atoms with Crippen LogP contribution in [0.5, 0.6) is 0 Å². The fourth-order valence-corrected chi connectivity index (χ4v) is 3.87. The zero-order valence-corrected chi connectivity index (χ0v) is 17.4. The first-order valence-corrected chi connectivity index (χ1v) is 10.6. The summed E-state index contributed by atoms with van der Waals surface area (Å²) in [5.74, 6) is 0.0777. The number of hydrogen-bond donors (Lipinski definition) is 2.